The van der Waals surface area contributed by atoms with Gasteiger partial charge in [-0.15, -0.1) is 0 Å². The summed E-state index contributed by atoms with van der Waals surface area (Å²) in [5.74, 6) is 0.0393. The van der Waals surface area contributed by atoms with Crippen LogP contribution >= 0.6 is 0 Å². The first-order chi connectivity index (χ1) is 14.0. The van der Waals surface area contributed by atoms with E-state index in [4.69, 9.17) is 0 Å². The quantitative estimate of drug-likeness (QED) is 0.749. The normalized spacial score (nSPS) is 18.8. The Bertz CT molecular complexity index is 967. The van der Waals surface area contributed by atoms with Gasteiger partial charge in [0.1, 0.15) is 6.54 Å². The average Bonchev–Trinajstić information content (AvgIpc) is 3.36. The maximum atomic E-state index is 12.6. The molecule has 2 heterocycles. The van der Waals surface area contributed by atoms with Crippen LogP contribution in [0.2, 0.25) is 0 Å². The summed E-state index contributed by atoms with van der Waals surface area (Å²) < 4.78 is 25.5. The minimum atomic E-state index is -3.20. The number of nitrogens with one attached hydrogen (secondary N) is 2. The molecule has 0 radical (unpaired) electrons. The first kappa shape index (κ1) is 19.9. The molecule has 2 saturated heterocycles. The lowest BCUT2D eigenvalue weighted by Crippen LogP contribution is -3.08. The van der Waals surface area contributed by atoms with E-state index in [9.17, 15) is 13.2 Å². The summed E-state index contributed by atoms with van der Waals surface area (Å²) in [6.45, 7) is 4.44. The zero-order valence-electron chi connectivity index (χ0n) is 16.6. The molecule has 0 spiro atoms. The van der Waals surface area contributed by atoms with Crippen LogP contribution in [0, 0.1) is 0 Å². The highest BCUT2D eigenvalue weighted by atomic mass is 32.2. The summed E-state index contributed by atoms with van der Waals surface area (Å²) in [6.07, 6.45) is 3.23. The van der Waals surface area contributed by atoms with E-state index < -0.39 is 10.0 Å². The number of carbonyl (C=O) groups excluding carboxylic acids is 1. The van der Waals surface area contributed by atoms with Crippen molar-refractivity contribution in [2.45, 2.75) is 32.4 Å². The molecule has 7 heteroatoms. The van der Waals surface area contributed by atoms with Crippen molar-refractivity contribution in [2.24, 2.45) is 0 Å². The third kappa shape index (κ3) is 4.62. The minimum absolute atomic E-state index is 0.149. The number of quaternary nitrogens is 1. The summed E-state index contributed by atoms with van der Waals surface area (Å²) >= 11 is 0. The molecule has 0 saturated carbocycles. The maximum Gasteiger partial charge on any atom is 0.251 e. The molecule has 2 aliphatic rings. The Hall–Kier alpha value is -2.38. The van der Waals surface area contributed by atoms with Crippen LogP contribution in [0.15, 0.2) is 48.5 Å². The molecular formula is C22H28N3O3S+. The number of amides is 1. The second kappa shape index (κ2) is 8.55. The van der Waals surface area contributed by atoms with Crippen LogP contribution in [0.25, 0.3) is 0 Å². The number of likely N-dealkylation sites (tertiary alicyclic amines) is 1. The molecule has 6 nitrogen and oxygen atoms in total. The van der Waals surface area contributed by atoms with Crippen LogP contribution < -0.4 is 14.5 Å². The number of nitrogens with zero attached hydrogens (tertiary/aromatic N) is 1. The molecule has 0 bridgehead atoms. The Balaban J connectivity index is 1.39. The molecular weight excluding hydrogens is 386 g/mol. The van der Waals surface area contributed by atoms with Gasteiger partial charge in [0, 0.05) is 37.1 Å². The fraction of sp³-hybridized carbons (Fsp3) is 0.409. The van der Waals surface area contributed by atoms with Crippen molar-refractivity contribution in [1.82, 2.24) is 5.32 Å². The second-order valence-electron chi connectivity index (χ2n) is 7.87. The molecule has 29 heavy (non-hydrogen) atoms. The SMILES string of the molecule is O=C(NCc1ccccc1C[NH+]1CCCC1)c1ccc(N2CCCS2(=O)=O)cc1. The fourth-order valence-electron chi connectivity index (χ4n) is 4.21. The Morgan fingerprint density at radius 3 is 2.31 bits per heavy atom. The predicted molar refractivity (Wildman–Crippen MR) is 113 cm³/mol. The van der Waals surface area contributed by atoms with Crippen LogP contribution in [0.5, 0.6) is 0 Å². The molecule has 0 aliphatic carbocycles. The largest absolute Gasteiger partial charge is 0.348 e. The highest BCUT2D eigenvalue weighted by molar-refractivity contribution is 7.93. The highest BCUT2D eigenvalue weighted by Crippen LogP contribution is 2.24. The van der Waals surface area contributed by atoms with Gasteiger partial charge in [-0.25, -0.2) is 8.42 Å². The molecule has 0 atom stereocenters. The van der Waals surface area contributed by atoms with E-state index in [0.29, 0.717) is 30.8 Å². The van der Waals surface area contributed by atoms with Crippen molar-refractivity contribution < 1.29 is 18.1 Å². The predicted octanol–water partition coefficient (Wildman–Crippen LogP) is 1.34. The number of rotatable bonds is 6. The lowest BCUT2D eigenvalue weighted by atomic mass is 10.1. The molecule has 2 N–H and O–H groups in total. The number of hydrogen-bond donors (Lipinski definition) is 2. The van der Waals surface area contributed by atoms with Gasteiger partial charge in [-0.05, 0) is 36.2 Å². The topological polar surface area (TPSA) is 70.9 Å². The molecule has 154 valence electrons. The summed E-state index contributed by atoms with van der Waals surface area (Å²) in [5.41, 5.74) is 3.60. The molecule has 2 fully saturated rings. The van der Waals surface area contributed by atoms with E-state index in [1.54, 1.807) is 29.2 Å². The van der Waals surface area contributed by atoms with E-state index in [1.165, 1.54) is 35.8 Å². The Labute approximate surface area is 172 Å². The molecule has 2 aliphatic heterocycles. The molecule has 0 aromatic heterocycles. The van der Waals surface area contributed by atoms with Gasteiger partial charge in [-0.1, -0.05) is 24.3 Å². The number of sulfonamides is 1. The van der Waals surface area contributed by atoms with Crippen molar-refractivity contribution >= 4 is 21.6 Å². The standard InChI is InChI=1S/C22H27N3O3S/c26-22(18-8-10-21(11-9-18)25-14-5-15-29(25,27)28)23-16-19-6-1-2-7-20(19)17-24-12-3-4-13-24/h1-2,6-11H,3-5,12-17H2,(H,23,26)/p+1. The van der Waals surface area contributed by atoms with Gasteiger partial charge in [-0.2, -0.15) is 0 Å². The van der Waals surface area contributed by atoms with Gasteiger partial charge in [0.25, 0.3) is 5.91 Å². The van der Waals surface area contributed by atoms with Crippen LogP contribution in [0.4, 0.5) is 5.69 Å². The van der Waals surface area contributed by atoms with Crippen molar-refractivity contribution in [1.29, 1.82) is 0 Å². The van der Waals surface area contributed by atoms with E-state index in [2.05, 4.69) is 23.5 Å². The minimum Gasteiger partial charge on any atom is -0.348 e. The monoisotopic (exact) mass is 414 g/mol. The smallest absolute Gasteiger partial charge is 0.251 e. The first-order valence-electron chi connectivity index (χ1n) is 10.3. The van der Waals surface area contributed by atoms with E-state index >= 15 is 0 Å². The zero-order valence-corrected chi connectivity index (χ0v) is 17.4. The molecule has 4 rings (SSSR count). The summed E-state index contributed by atoms with van der Waals surface area (Å²) in [7, 11) is -3.20. The van der Waals surface area contributed by atoms with Gasteiger partial charge in [-0.3, -0.25) is 9.10 Å². The van der Waals surface area contributed by atoms with Gasteiger partial charge >= 0.3 is 0 Å². The number of anilines is 1. The van der Waals surface area contributed by atoms with Crippen molar-refractivity contribution in [2.75, 3.05) is 29.7 Å². The average molecular weight is 415 g/mol. The van der Waals surface area contributed by atoms with E-state index in [0.717, 1.165) is 12.1 Å². The van der Waals surface area contributed by atoms with Crippen LogP contribution in [0.3, 0.4) is 0 Å². The van der Waals surface area contributed by atoms with Crippen LogP contribution in [0.1, 0.15) is 40.7 Å². The summed E-state index contributed by atoms with van der Waals surface area (Å²) in [4.78, 5) is 14.2. The third-order valence-electron chi connectivity index (χ3n) is 5.83. The zero-order chi connectivity index (χ0) is 20.3. The van der Waals surface area contributed by atoms with Crippen molar-refractivity contribution in [3.8, 4) is 0 Å². The number of benzene rings is 2. The van der Waals surface area contributed by atoms with Crippen LogP contribution in [-0.2, 0) is 23.1 Å². The summed E-state index contributed by atoms with van der Waals surface area (Å²) in [6, 6.07) is 15.1. The van der Waals surface area contributed by atoms with Crippen molar-refractivity contribution in [3.05, 3.63) is 65.2 Å². The van der Waals surface area contributed by atoms with Gasteiger partial charge in [0.15, 0.2) is 0 Å². The number of carbonyl (C=O) groups is 1. The lowest BCUT2D eigenvalue weighted by molar-refractivity contribution is -0.901. The second-order valence-corrected chi connectivity index (χ2v) is 9.89. The third-order valence-corrected chi connectivity index (χ3v) is 7.70. The highest BCUT2D eigenvalue weighted by Gasteiger charge is 2.28. The Morgan fingerprint density at radius 2 is 1.66 bits per heavy atom. The molecule has 0 unspecified atom stereocenters. The molecule has 2 aromatic rings. The molecule has 2 aromatic carbocycles. The van der Waals surface area contributed by atoms with Gasteiger partial charge in [0.2, 0.25) is 10.0 Å². The molecule has 1 amide bonds. The van der Waals surface area contributed by atoms with E-state index in [-0.39, 0.29) is 11.7 Å². The van der Waals surface area contributed by atoms with Crippen molar-refractivity contribution in [3.63, 3.8) is 0 Å². The van der Waals surface area contributed by atoms with E-state index in [1.807, 2.05) is 6.07 Å². The lowest BCUT2D eigenvalue weighted by Gasteiger charge is -2.17. The summed E-state index contributed by atoms with van der Waals surface area (Å²) in [5, 5.41) is 3.01. The maximum absolute atomic E-state index is 12.6. The van der Waals surface area contributed by atoms with Crippen LogP contribution in [-0.4, -0.2) is 39.7 Å². The first-order valence-corrected chi connectivity index (χ1v) is 11.9. The van der Waals surface area contributed by atoms with Gasteiger partial charge < -0.3 is 10.2 Å². The van der Waals surface area contributed by atoms with Gasteiger partial charge in [0.05, 0.1) is 24.5 Å². The number of hydrogen-bond acceptors (Lipinski definition) is 3. The fourth-order valence-corrected chi connectivity index (χ4v) is 5.77. The Kier molecular flexibility index (Phi) is 5.87. The Morgan fingerprint density at radius 1 is 0.966 bits per heavy atom.